The maximum atomic E-state index is 8.72. The first-order chi connectivity index (χ1) is 7.38. The number of furan rings is 1. The molecule has 2 heterocycles. The highest BCUT2D eigenvalue weighted by Gasteiger charge is 1.98. The number of hydrogen-bond acceptors (Lipinski definition) is 4. The van der Waals surface area contributed by atoms with Crippen LogP contribution in [0.25, 0.3) is 0 Å². The molecular weight excluding hydrogens is 230 g/mol. The van der Waals surface area contributed by atoms with Gasteiger partial charge < -0.3 is 14.8 Å². The molecule has 6 heteroatoms. The molecule has 0 radical (unpaired) electrons. The zero-order chi connectivity index (χ0) is 10.5. The molecule has 2 rings (SSSR count). The minimum atomic E-state index is 0. The van der Waals surface area contributed by atoms with Gasteiger partial charge in [0, 0.05) is 18.3 Å². The van der Waals surface area contributed by atoms with E-state index in [4.69, 9.17) is 9.52 Å². The Morgan fingerprint density at radius 3 is 3.06 bits per heavy atom. The van der Waals surface area contributed by atoms with Crippen LogP contribution in [-0.4, -0.2) is 21.5 Å². The van der Waals surface area contributed by atoms with Crippen molar-refractivity contribution in [3.8, 4) is 0 Å². The maximum absolute atomic E-state index is 8.72. The Kier molecular flexibility index (Phi) is 4.88. The van der Waals surface area contributed by atoms with Gasteiger partial charge in [-0.05, 0) is 6.07 Å². The Morgan fingerprint density at radius 1 is 1.50 bits per heavy atom. The number of nitrogens with one attached hydrogen (secondary N) is 1. The lowest BCUT2D eigenvalue weighted by molar-refractivity contribution is 0.269. The van der Waals surface area contributed by atoms with Crippen molar-refractivity contribution in [2.45, 2.75) is 13.1 Å². The Bertz CT molecular complexity index is 400. The van der Waals surface area contributed by atoms with Gasteiger partial charge in [-0.3, -0.25) is 4.68 Å². The van der Waals surface area contributed by atoms with Gasteiger partial charge in [-0.1, -0.05) is 0 Å². The summed E-state index contributed by atoms with van der Waals surface area (Å²) in [5, 5.41) is 16.0. The zero-order valence-electron chi connectivity index (χ0n) is 8.67. The van der Waals surface area contributed by atoms with E-state index in [1.165, 1.54) is 0 Å². The minimum absolute atomic E-state index is 0. The molecule has 0 spiro atoms. The van der Waals surface area contributed by atoms with Gasteiger partial charge in [0.05, 0.1) is 37.6 Å². The lowest BCUT2D eigenvalue weighted by Crippen LogP contribution is -2.02. The first-order valence-electron chi connectivity index (χ1n) is 4.77. The van der Waals surface area contributed by atoms with E-state index >= 15 is 0 Å². The summed E-state index contributed by atoms with van der Waals surface area (Å²) in [6.45, 7) is 1.33. The van der Waals surface area contributed by atoms with E-state index in [0.29, 0.717) is 13.1 Å². The Morgan fingerprint density at radius 2 is 2.38 bits per heavy atom. The summed E-state index contributed by atoms with van der Waals surface area (Å²) in [7, 11) is 0. The third-order valence-corrected chi connectivity index (χ3v) is 2.04. The second kappa shape index (κ2) is 6.19. The molecule has 0 fully saturated rings. The topological polar surface area (TPSA) is 63.2 Å². The standard InChI is InChI=1S/C10H13N3O2.ClH/c14-3-2-13-7-10(6-12-13)11-5-9-1-4-15-8-9;/h1,4,6-8,11,14H,2-3,5H2;1H. The Balaban J connectivity index is 0.00000128. The van der Waals surface area contributed by atoms with E-state index in [0.717, 1.165) is 11.3 Å². The molecule has 0 amide bonds. The van der Waals surface area contributed by atoms with Gasteiger partial charge in [0.2, 0.25) is 0 Å². The van der Waals surface area contributed by atoms with Gasteiger partial charge in [-0.15, -0.1) is 12.4 Å². The number of aliphatic hydroxyl groups excluding tert-OH is 1. The predicted molar refractivity (Wildman–Crippen MR) is 62.6 cm³/mol. The van der Waals surface area contributed by atoms with E-state index in [-0.39, 0.29) is 19.0 Å². The lowest BCUT2D eigenvalue weighted by Gasteiger charge is -1.99. The summed E-state index contributed by atoms with van der Waals surface area (Å²) < 4.78 is 6.64. The zero-order valence-corrected chi connectivity index (χ0v) is 9.48. The number of aromatic nitrogens is 2. The van der Waals surface area contributed by atoms with Crippen molar-refractivity contribution < 1.29 is 9.52 Å². The van der Waals surface area contributed by atoms with Crippen LogP contribution in [-0.2, 0) is 13.1 Å². The second-order valence-corrected chi connectivity index (χ2v) is 3.20. The lowest BCUT2D eigenvalue weighted by atomic mass is 10.3. The van der Waals surface area contributed by atoms with Gasteiger partial charge in [-0.2, -0.15) is 5.10 Å². The molecule has 2 N–H and O–H groups in total. The first kappa shape index (κ1) is 12.6. The van der Waals surface area contributed by atoms with Crippen molar-refractivity contribution in [1.82, 2.24) is 9.78 Å². The number of nitrogens with zero attached hydrogens (tertiary/aromatic N) is 2. The molecule has 0 aliphatic heterocycles. The van der Waals surface area contributed by atoms with Gasteiger partial charge in [0.25, 0.3) is 0 Å². The minimum Gasteiger partial charge on any atom is -0.472 e. The van der Waals surface area contributed by atoms with Crippen molar-refractivity contribution in [1.29, 1.82) is 0 Å². The Labute approximate surface area is 99.5 Å². The summed E-state index contributed by atoms with van der Waals surface area (Å²) in [4.78, 5) is 0. The quantitative estimate of drug-likeness (QED) is 0.836. The molecule has 0 atom stereocenters. The maximum Gasteiger partial charge on any atom is 0.0952 e. The number of halogens is 1. The molecule has 0 aliphatic rings. The summed E-state index contributed by atoms with van der Waals surface area (Å²) >= 11 is 0. The molecule has 5 nitrogen and oxygen atoms in total. The molecule has 0 saturated heterocycles. The molecule has 0 aliphatic carbocycles. The van der Waals surface area contributed by atoms with Gasteiger partial charge in [0.1, 0.15) is 0 Å². The second-order valence-electron chi connectivity index (χ2n) is 3.20. The molecule has 88 valence electrons. The molecular formula is C10H14ClN3O2. The van der Waals surface area contributed by atoms with Gasteiger partial charge in [0.15, 0.2) is 0 Å². The summed E-state index contributed by atoms with van der Waals surface area (Å²) in [6, 6.07) is 1.91. The fourth-order valence-corrected chi connectivity index (χ4v) is 1.28. The molecule has 0 bridgehead atoms. The number of rotatable bonds is 5. The van der Waals surface area contributed by atoms with Crippen LogP contribution in [0.1, 0.15) is 5.56 Å². The van der Waals surface area contributed by atoms with E-state index in [1.807, 2.05) is 12.3 Å². The van der Waals surface area contributed by atoms with Crippen LogP contribution >= 0.6 is 12.4 Å². The third-order valence-electron chi connectivity index (χ3n) is 2.04. The smallest absolute Gasteiger partial charge is 0.0952 e. The average molecular weight is 244 g/mol. The highest BCUT2D eigenvalue weighted by molar-refractivity contribution is 5.85. The largest absolute Gasteiger partial charge is 0.472 e. The van der Waals surface area contributed by atoms with E-state index < -0.39 is 0 Å². The van der Waals surface area contributed by atoms with Gasteiger partial charge in [-0.25, -0.2) is 0 Å². The van der Waals surface area contributed by atoms with E-state index in [2.05, 4.69) is 10.4 Å². The SMILES string of the molecule is Cl.OCCn1cc(NCc2ccoc2)cn1. The van der Waals surface area contributed by atoms with Crippen molar-refractivity contribution in [2.24, 2.45) is 0 Å². The Hall–Kier alpha value is -1.46. The highest BCUT2D eigenvalue weighted by Crippen LogP contribution is 2.08. The third kappa shape index (κ3) is 3.29. The average Bonchev–Trinajstić information content (AvgIpc) is 2.85. The number of hydrogen-bond donors (Lipinski definition) is 2. The van der Waals surface area contributed by atoms with Crippen LogP contribution in [0.15, 0.2) is 35.4 Å². The summed E-state index contributed by atoms with van der Waals surface area (Å²) in [6.07, 6.45) is 6.93. The fraction of sp³-hybridized carbons (Fsp3) is 0.300. The van der Waals surface area contributed by atoms with E-state index in [1.54, 1.807) is 23.4 Å². The first-order valence-corrected chi connectivity index (χ1v) is 4.77. The van der Waals surface area contributed by atoms with Crippen molar-refractivity contribution in [2.75, 3.05) is 11.9 Å². The normalized spacial score (nSPS) is 9.81. The molecule has 0 unspecified atom stereocenters. The van der Waals surface area contributed by atoms with Crippen LogP contribution in [0, 0.1) is 0 Å². The number of anilines is 1. The highest BCUT2D eigenvalue weighted by atomic mass is 35.5. The van der Waals surface area contributed by atoms with Crippen LogP contribution < -0.4 is 5.32 Å². The van der Waals surface area contributed by atoms with Crippen LogP contribution in [0.4, 0.5) is 5.69 Å². The fourth-order valence-electron chi connectivity index (χ4n) is 1.28. The summed E-state index contributed by atoms with van der Waals surface area (Å²) in [5.41, 5.74) is 2.02. The van der Waals surface area contributed by atoms with Crippen LogP contribution in [0.5, 0.6) is 0 Å². The molecule has 2 aromatic heterocycles. The van der Waals surface area contributed by atoms with E-state index in [9.17, 15) is 0 Å². The van der Waals surface area contributed by atoms with Crippen molar-refractivity contribution >= 4 is 18.1 Å². The molecule has 0 aromatic carbocycles. The molecule has 2 aromatic rings. The number of aliphatic hydroxyl groups is 1. The van der Waals surface area contributed by atoms with Crippen LogP contribution in [0.3, 0.4) is 0 Å². The predicted octanol–water partition coefficient (Wildman–Crippen LogP) is 1.50. The molecule has 16 heavy (non-hydrogen) atoms. The van der Waals surface area contributed by atoms with Gasteiger partial charge >= 0.3 is 0 Å². The van der Waals surface area contributed by atoms with Crippen molar-refractivity contribution in [3.63, 3.8) is 0 Å². The van der Waals surface area contributed by atoms with Crippen molar-refractivity contribution in [3.05, 3.63) is 36.5 Å². The molecule has 0 saturated carbocycles. The monoisotopic (exact) mass is 243 g/mol. The van der Waals surface area contributed by atoms with Crippen LogP contribution in [0.2, 0.25) is 0 Å². The summed E-state index contributed by atoms with van der Waals surface area (Å²) in [5.74, 6) is 0.